The van der Waals surface area contributed by atoms with Gasteiger partial charge in [0.25, 0.3) is 0 Å². The van der Waals surface area contributed by atoms with E-state index in [0.717, 1.165) is 11.1 Å². The third kappa shape index (κ3) is 3.37. The Balaban J connectivity index is 2.04. The minimum atomic E-state index is -3.57. The van der Waals surface area contributed by atoms with E-state index in [9.17, 15) is 9.36 Å². The van der Waals surface area contributed by atoms with Gasteiger partial charge in [0.15, 0.2) is 0 Å². The molecular formula is C22H27O4P. The maximum absolute atomic E-state index is 13.1. The summed E-state index contributed by atoms with van der Waals surface area (Å²) in [6, 6.07) is 14.0. The molecule has 1 atom stereocenters. The molecule has 1 aliphatic rings. The van der Waals surface area contributed by atoms with E-state index < -0.39 is 18.7 Å². The Morgan fingerprint density at radius 2 is 1.63 bits per heavy atom. The maximum Gasteiger partial charge on any atom is 0.391 e. The van der Waals surface area contributed by atoms with Crippen molar-refractivity contribution in [1.82, 2.24) is 0 Å². The van der Waals surface area contributed by atoms with Gasteiger partial charge in [0.2, 0.25) is 0 Å². The van der Waals surface area contributed by atoms with E-state index in [1.165, 1.54) is 5.56 Å². The molecular weight excluding hydrogens is 359 g/mol. The molecule has 0 bridgehead atoms. The van der Waals surface area contributed by atoms with Gasteiger partial charge in [0.05, 0.1) is 12.2 Å². The lowest BCUT2D eigenvalue weighted by molar-refractivity contribution is 0.0665. The first kappa shape index (κ1) is 19.9. The van der Waals surface area contributed by atoms with Crippen molar-refractivity contribution in [1.29, 1.82) is 0 Å². The van der Waals surface area contributed by atoms with Gasteiger partial charge in [-0.2, -0.15) is 0 Å². The smallest absolute Gasteiger partial charge is 0.387 e. The number of rotatable bonds is 3. The molecule has 2 aromatic rings. The Bertz CT molecular complexity index is 920. The highest BCUT2D eigenvalue weighted by Crippen LogP contribution is 2.67. The fourth-order valence-electron chi connectivity index (χ4n) is 3.37. The molecule has 2 aromatic carbocycles. The predicted molar refractivity (Wildman–Crippen MR) is 108 cm³/mol. The molecule has 3 rings (SSSR count). The molecule has 0 fully saturated rings. The van der Waals surface area contributed by atoms with Crippen LogP contribution < -0.4 is 0 Å². The van der Waals surface area contributed by atoms with Crippen LogP contribution in [0.1, 0.15) is 63.0 Å². The summed E-state index contributed by atoms with van der Waals surface area (Å²) < 4.78 is 23.8. The first-order chi connectivity index (χ1) is 12.5. The predicted octanol–water partition coefficient (Wildman–Crippen LogP) is 6.29. The Kier molecular flexibility index (Phi) is 4.86. The largest absolute Gasteiger partial charge is 0.391 e. The highest BCUT2D eigenvalue weighted by atomic mass is 31.2. The molecule has 1 unspecified atom stereocenters. The zero-order chi connectivity index (χ0) is 20.0. The van der Waals surface area contributed by atoms with Gasteiger partial charge < -0.3 is 4.52 Å². The standard InChI is InChI=1S/C22H27O4P/c1-7-25-27(24)22(5,6)19-13-10-16(14-18(19)20(23)26-27)15-8-11-17(12-9-15)21(2,3)4/h8-14H,7H2,1-6H3. The zero-order valence-corrected chi connectivity index (χ0v) is 17.7. The van der Waals surface area contributed by atoms with Crippen LogP contribution in [0.3, 0.4) is 0 Å². The van der Waals surface area contributed by atoms with Crippen molar-refractivity contribution in [2.24, 2.45) is 0 Å². The second kappa shape index (κ2) is 6.61. The van der Waals surface area contributed by atoms with Gasteiger partial charge in [-0.15, -0.1) is 0 Å². The third-order valence-electron chi connectivity index (χ3n) is 5.17. The number of carbonyl (C=O) groups is 1. The molecule has 0 N–H and O–H groups in total. The van der Waals surface area contributed by atoms with Crippen LogP contribution in [-0.2, 0) is 24.2 Å². The molecule has 0 spiro atoms. The molecule has 1 aliphatic heterocycles. The number of hydrogen-bond acceptors (Lipinski definition) is 4. The Morgan fingerprint density at radius 3 is 2.19 bits per heavy atom. The molecule has 1 heterocycles. The van der Waals surface area contributed by atoms with E-state index in [0.29, 0.717) is 11.1 Å². The number of benzene rings is 2. The summed E-state index contributed by atoms with van der Waals surface area (Å²) in [4.78, 5) is 12.6. The van der Waals surface area contributed by atoms with Crippen molar-refractivity contribution >= 4 is 13.6 Å². The molecule has 4 nitrogen and oxygen atoms in total. The average Bonchev–Trinajstić information content (AvgIpc) is 2.59. The molecule has 5 heteroatoms. The molecule has 0 saturated heterocycles. The van der Waals surface area contributed by atoms with Crippen LogP contribution in [-0.4, -0.2) is 12.6 Å². The Hall–Kier alpha value is -1.90. The van der Waals surface area contributed by atoms with Crippen molar-refractivity contribution < 1.29 is 18.4 Å². The summed E-state index contributed by atoms with van der Waals surface area (Å²) in [6.45, 7) is 12.1. The van der Waals surface area contributed by atoms with Gasteiger partial charge in [0.1, 0.15) is 5.16 Å². The minimum absolute atomic E-state index is 0.0860. The molecule has 0 aliphatic carbocycles. The summed E-state index contributed by atoms with van der Waals surface area (Å²) in [5.41, 5.74) is 4.43. The van der Waals surface area contributed by atoms with Crippen molar-refractivity contribution in [3.63, 3.8) is 0 Å². The summed E-state index contributed by atoms with van der Waals surface area (Å²) in [6.07, 6.45) is 0. The lowest BCUT2D eigenvalue weighted by atomic mass is 9.86. The van der Waals surface area contributed by atoms with Gasteiger partial charge in [0, 0.05) is 0 Å². The van der Waals surface area contributed by atoms with Gasteiger partial charge in [-0.25, -0.2) is 9.36 Å². The summed E-state index contributed by atoms with van der Waals surface area (Å²) >= 11 is 0. The Morgan fingerprint density at radius 1 is 1.04 bits per heavy atom. The van der Waals surface area contributed by atoms with Crippen LogP contribution in [0, 0.1) is 0 Å². The van der Waals surface area contributed by atoms with E-state index in [1.807, 2.05) is 18.2 Å². The van der Waals surface area contributed by atoms with Crippen molar-refractivity contribution in [3.05, 3.63) is 59.2 Å². The lowest BCUT2D eigenvalue weighted by Crippen LogP contribution is -2.30. The van der Waals surface area contributed by atoms with Gasteiger partial charge in [-0.3, -0.25) is 4.52 Å². The van der Waals surface area contributed by atoms with E-state index in [2.05, 4.69) is 45.0 Å². The average molecular weight is 386 g/mol. The number of carbonyl (C=O) groups excluding carboxylic acids is 1. The summed E-state index contributed by atoms with van der Waals surface area (Å²) in [7, 11) is -3.57. The second-order valence-corrected chi connectivity index (χ2v) is 11.0. The normalized spacial score (nSPS) is 21.5. The van der Waals surface area contributed by atoms with Crippen LogP contribution >= 0.6 is 7.60 Å². The van der Waals surface area contributed by atoms with Gasteiger partial charge in [-0.05, 0) is 54.5 Å². The molecule has 0 radical (unpaired) electrons. The van der Waals surface area contributed by atoms with E-state index in [-0.39, 0.29) is 12.0 Å². The number of fused-ring (bicyclic) bond motifs is 1. The quantitative estimate of drug-likeness (QED) is 0.582. The van der Waals surface area contributed by atoms with Crippen molar-refractivity contribution in [2.45, 2.75) is 52.1 Å². The fourth-order valence-corrected chi connectivity index (χ4v) is 5.12. The highest BCUT2D eigenvalue weighted by molar-refractivity contribution is 7.55. The topological polar surface area (TPSA) is 52.6 Å². The molecule has 0 saturated carbocycles. The van der Waals surface area contributed by atoms with Gasteiger partial charge in [-0.1, -0.05) is 57.2 Å². The second-order valence-electron chi connectivity index (χ2n) is 8.44. The molecule has 144 valence electrons. The molecule has 27 heavy (non-hydrogen) atoms. The van der Waals surface area contributed by atoms with Crippen molar-refractivity contribution in [2.75, 3.05) is 6.61 Å². The third-order valence-corrected chi connectivity index (χ3v) is 7.78. The van der Waals surface area contributed by atoms with E-state index in [1.54, 1.807) is 20.8 Å². The van der Waals surface area contributed by atoms with Crippen LogP contribution in [0.2, 0.25) is 0 Å². The Labute approximate surface area is 161 Å². The molecule has 0 amide bonds. The van der Waals surface area contributed by atoms with Crippen LogP contribution in [0.15, 0.2) is 42.5 Å². The van der Waals surface area contributed by atoms with Crippen LogP contribution in [0.5, 0.6) is 0 Å². The summed E-state index contributed by atoms with van der Waals surface area (Å²) in [5, 5.41) is -0.888. The zero-order valence-electron chi connectivity index (χ0n) is 16.8. The van der Waals surface area contributed by atoms with E-state index in [4.69, 9.17) is 9.05 Å². The SMILES string of the molecule is CCOP1(=O)OC(=O)c2cc(-c3ccc(C(C)(C)C)cc3)ccc2C1(C)C. The maximum atomic E-state index is 13.1. The monoisotopic (exact) mass is 386 g/mol. The first-order valence-electron chi connectivity index (χ1n) is 9.23. The minimum Gasteiger partial charge on any atom is -0.387 e. The highest BCUT2D eigenvalue weighted by Gasteiger charge is 2.52. The van der Waals surface area contributed by atoms with Crippen molar-refractivity contribution in [3.8, 4) is 11.1 Å². The lowest BCUT2D eigenvalue weighted by Gasteiger charge is -2.37. The number of hydrogen-bond donors (Lipinski definition) is 0. The fraction of sp³-hybridized carbons (Fsp3) is 0.409. The molecule has 0 aromatic heterocycles. The van der Waals surface area contributed by atoms with E-state index >= 15 is 0 Å². The van der Waals surface area contributed by atoms with Gasteiger partial charge >= 0.3 is 13.6 Å². The van der Waals surface area contributed by atoms with Crippen LogP contribution in [0.25, 0.3) is 11.1 Å². The van der Waals surface area contributed by atoms with Crippen LogP contribution in [0.4, 0.5) is 0 Å². The first-order valence-corrected chi connectivity index (χ1v) is 10.8. The summed E-state index contributed by atoms with van der Waals surface area (Å²) in [5.74, 6) is -0.589.